The average molecular weight is 294 g/mol. The van der Waals surface area contributed by atoms with Crippen LogP contribution in [0.15, 0.2) is 0 Å². The average Bonchev–Trinajstić information content (AvgIpc) is 2.07. The normalized spacial score (nSPS) is 14.5. The third kappa shape index (κ3) is 4.75. The first-order valence-corrected chi connectivity index (χ1v) is 13.2. The monoisotopic (exact) mass is 293 g/mol. The zero-order chi connectivity index (χ0) is 15.0. The van der Waals surface area contributed by atoms with E-state index < -0.39 is 16.5 Å². The van der Waals surface area contributed by atoms with E-state index in [4.69, 9.17) is 0 Å². The fourth-order valence-electron chi connectivity index (χ4n) is 3.32. The Morgan fingerprint density at radius 1 is 0.842 bits per heavy atom. The van der Waals surface area contributed by atoms with Crippen molar-refractivity contribution in [2.75, 3.05) is 6.54 Å². The Kier molecular flexibility index (Phi) is 8.01. The van der Waals surface area contributed by atoms with Crippen LogP contribution in [0.4, 0.5) is 0 Å². The van der Waals surface area contributed by atoms with Crippen LogP contribution in [0.1, 0.15) is 48.0 Å². The summed E-state index contributed by atoms with van der Waals surface area (Å²) in [4.78, 5) is 0. The summed E-state index contributed by atoms with van der Waals surface area (Å²) in [5, 5.41) is 0.779. The molecular formula is C15H36LiNSi2. The van der Waals surface area contributed by atoms with E-state index in [0.29, 0.717) is 10.1 Å². The predicted octanol–water partition coefficient (Wildman–Crippen LogP) is 2.53. The van der Waals surface area contributed by atoms with E-state index in [9.17, 15) is 0 Å². The molecule has 0 radical (unpaired) electrons. The molecule has 0 bridgehead atoms. The number of hydrogen-bond donors (Lipinski definition) is 0. The van der Waals surface area contributed by atoms with Crippen molar-refractivity contribution in [3.8, 4) is 0 Å². The van der Waals surface area contributed by atoms with Crippen LogP contribution < -0.4 is 18.9 Å². The van der Waals surface area contributed by atoms with E-state index in [0.717, 1.165) is 6.42 Å². The minimum atomic E-state index is -1.58. The maximum Gasteiger partial charge on any atom is 1.00 e. The van der Waals surface area contributed by atoms with Crippen LogP contribution in [0.5, 0.6) is 0 Å². The molecule has 0 unspecified atom stereocenters. The van der Waals surface area contributed by atoms with Gasteiger partial charge < -0.3 is 11.2 Å². The SMILES string of the molecule is [CH2-]CCN([Si](C)(C)C)[Si](C)(C(C)(C)C)C(C)(C)C.[Li+]. The van der Waals surface area contributed by atoms with Crippen molar-refractivity contribution in [3.63, 3.8) is 0 Å². The van der Waals surface area contributed by atoms with Gasteiger partial charge in [0.05, 0.1) is 0 Å². The molecule has 0 heterocycles. The van der Waals surface area contributed by atoms with Gasteiger partial charge in [-0.25, -0.2) is 0 Å². The Balaban J connectivity index is 0. The Morgan fingerprint density at radius 3 is 1.32 bits per heavy atom. The quantitative estimate of drug-likeness (QED) is 0.569. The molecule has 4 heteroatoms. The largest absolute Gasteiger partial charge is 1.00 e. The van der Waals surface area contributed by atoms with E-state index in [1.54, 1.807) is 0 Å². The first kappa shape index (κ1) is 22.3. The van der Waals surface area contributed by atoms with E-state index in [-0.39, 0.29) is 18.9 Å². The van der Waals surface area contributed by atoms with Gasteiger partial charge in [-0.1, -0.05) is 67.7 Å². The van der Waals surface area contributed by atoms with E-state index in [1.165, 1.54) is 6.54 Å². The molecule has 0 fully saturated rings. The maximum absolute atomic E-state index is 4.12. The van der Waals surface area contributed by atoms with Gasteiger partial charge in [-0.2, -0.15) is 6.42 Å². The Hall–Kier alpha value is 0.991. The molecule has 0 rings (SSSR count). The maximum atomic E-state index is 4.12. The number of nitrogens with zero attached hydrogens (tertiary/aromatic N) is 1. The smallest absolute Gasteiger partial charge is 0.347 e. The Morgan fingerprint density at radius 2 is 1.16 bits per heavy atom. The second kappa shape index (κ2) is 6.83. The molecular weight excluding hydrogens is 257 g/mol. The molecule has 19 heavy (non-hydrogen) atoms. The molecule has 0 aliphatic carbocycles. The summed E-state index contributed by atoms with van der Waals surface area (Å²) < 4.78 is 2.94. The topological polar surface area (TPSA) is 3.24 Å². The van der Waals surface area contributed by atoms with Crippen molar-refractivity contribution in [3.05, 3.63) is 6.92 Å². The first-order valence-electron chi connectivity index (χ1n) is 7.26. The third-order valence-corrected chi connectivity index (χ3v) is 17.0. The summed E-state index contributed by atoms with van der Waals surface area (Å²) >= 11 is 0. The fraction of sp³-hybridized carbons (Fsp3) is 0.933. The van der Waals surface area contributed by atoms with Crippen LogP contribution >= 0.6 is 0 Å². The van der Waals surface area contributed by atoms with Gasteiger partial charge in [0, 0.05) is 0 Å². The summed E-state index contributed by atoms with van der Waals surface area (Å²) in [6, 6.07) is 0. The Bertz CT molecular complexity index is 257. The molecule has 0 aromatic heterocycles. The molecule has 0 aliphatic rings. The minimum Gasteiger partial charge on any atom is -0.347 e. The van der Waals surface area contributed by atoms with Gasteiger partial charge in [0.25, 0.3) is 0 Å². The van der Waals surface area contributed by atoms with Gasteiger partial charge in [-0.05, 0) is 16.6 Å². The number of hydrogen-bond acceptors (Lipinski definition) is 1. The standard InChI is InChI=1S/C15H36NSi2.Li/c1-12-13-16(17(8,9)10)18(11,14(2,3)4)15(5,6)7;/h1,12-13H2,2-11H3;/q-1;+1. The summed E-state index contributed by atoms with van der Waals surface area (Å²) in [7, 11) is -2.89. The molecule has 0 aliphatic heterocycles. The van der Waals surface area contributed by atoms with Crippen molar-refractivity contribution in [1.82, 2.24) is 4.23 Å². The molecule has 0 saturated heterocycles. The Labute approximate surface area is 137 Å². The zero-order valence-corrected chi connectivity index (χ0v) is 17.6. The van der Waals surface area contributed by atoms with Gasteiger partial charge >= 0.3 is 18.9 Å². The summed E-state index contributed by atoms with van der Waals surface area (Å²) in [6.07, 6.45) is 1.03. The zero-order valence-electron chi connectivity index (χ0n) is 15.6. The van der Waals surface area contributed by atoms with Crippen molar-refractivity contribution in [2.45, 2.75) is 84.2 Å². The van der Waals surface area contributed by atoms with Crippen LogP contribution in [0.3, 0.4) is 0 Å². The van der Waals surface area contributed by atoms with Crippen LogP contribution in [-0.4, -0.2) is 27.2 Å². The summed E-state index contributed by atoms with van der Waals surface area (Å²) in [6.45, 7) is 30.0. The van der Waals surface area contributed by atoms with Crippen molar-refractivity contribution in [2.24, 2.45) is 0 Å². The minimum absolute atomic E-state index is 0. The molecule has 0 atom stereocenters. The molecule has 0 aromatic rings. The van der Waals surface area contributed by atoms with E-state index >= 15 is 0 Å². The molecule has 0 aromatic carbocycles. The van der Waals surface area contributed by atoms with Crippen LogP contribution in [0.2, 0.25) is 36.3 Å². The number of rotatable bonds is 4. The second-order valence-corrected chi connectivity index (χ2v) is 19.8. The van der Waals surface area contributed by atoms with Gasteiger partial charge in [-0.3, -0.25) is 0 Å². The van der Waals surface area contributed by atoms with Gasteiger partial charge in [0.2, 0.25) is 0 Å². The predicted molar refractivity (Wildman–Crippen MR) is 91.1 cm³/mol. The van der Waals surface area contributed by atoms with E-state index in [2.05, 4.69) is 78.9 Å². The second-order valence-electron chi connectivity index (χ2n) is 8.75. The molecule has 110 valence electrons. The van der Waals surface area contributed by atoms with Crippen LogP contribution in [-0.2, 0) is 0 Å². The van der Waals surface area contributed by atoms with Crippen molar-refractivity contribution < 1.29 is 18.9 Å². The van der Waals surface area contributed by atoms with Gasteiger partial charge in [-0.15, -0.1) is 0 Å². The van der Waals surface area contributed by atoms with Crippen molar-refractivity contribution in [1.29, 1.82) is 0 Å². The van der Waals surface area contributed by atoms with E-state index in [1.807, 2.05) is 0 Å². The molecule has 1 nitrogen and oxygen atoms in total. The molecule has 0 N–H and O–H groups in total. The molecule has 0 amide bonds. The molecule has 0 saturated carbocycles. The van der Waals surface area contributed by atoms with Crippen LogP contribution in [0, 0.1) is 6.92 Å². The van der Waals surface area contributed by atoms with Gasteiger partial charge in [0.15, 0.2) is 0 Å². The van der Waals surface area contributed by atoms with Crippen LogP contribution in [0.25, 0.3) is 0 Å². The summed E-state index contributed by atoms with van der Waals surface area (Å²) in [5.74, 6) is 0. The van der Waals surface area contributed by atoms with Gasteiger partial charge in [0.1, 0.15) is 16.5 Å². The molecule has 0 spiro atoms. The third-order valence-electron chi connectivity index (χ3n) is 4.65. The van der Waals surface area contributed by atoms with Crippen molar-refractivity contribution >= 4 is 16.5 Å². The first-order chi connectivity index (χ1) is 7.69. The fourth-order valence-corrected chi connectivity index (χ4v) is 16.0. The summed E-state index contributed by atoms with van der Waals surface area (Å²) in [5.41, 5.74) is 0.